The molecular formula is C49H32S. The van der Waals surface area contributed by atoms with E-state index in [9.17, 15) is 0 Å². The van der Waals surface area contributed by atoms with Crippen molar-refractivity contribution in [2.75, 3.05) is 0 Å². The van der Waals surface area contributed by atoms with E-state index >= 15 is 0 Å². The molecule has 0 atom stereocenters. The molecule has 0 fully saturated rings. The lowest BCUT2D eigenvalue weighted by molar-refractivity contribution is 0.799. The van der Waals surface area contributed by atoms with Gasteiger partial charge in [0.1, 0.15) is 0 Å². The summed E-state index contributed by atoms with van der Waals surface area (Å²) in [5.41, 5.74) is 16.1. The summed E-state index contributed by atoms with van der Waals surface area (Å²) in [5, 5.41) is 2.64. The normalized spacial score (nSPS) is 15.5. The summed E-state index contributed by atoms with van der Waals surface area (Å²) in [4.78, 5) is 0. The molecule has 2 aliphatic rings. The summed E-state index contributed by atoms with van der Waals surface area (Å²) in [7, 11) is 0. The van der Waals surface area contributed by atoms with E-state index in [1.165, 1.54) is 92.5 Å². The molecular weight excluding hydrogens is 621 g/mol. The third-order valence-electron chi connectivity index (χ3n) is 10.7. The Bertz CT molecular complexity index is 2650. The molecule has 0 saturated carbocycles. The molecule has 50 heavy (non-hydrogen) atoms. The lowest BCUT2D eigenvalue weighted by atomic mass is 9.70. The van der Waals surface area contributed by atoms with Crippen molar-refractivity contribution >= 4 is 43.2 Å². The Morgan fingerprint density at radius 3 is 1.72 bits per heavy atom. The van der Waals surface area contributed by atoms with Gasteiger partial charge in [0, 0.05) is 20.2 Å². The Morgan fingerprint density at radius 1 is 0.460 bits per heavy atom. The second kappa shape index (κ2) is 11.3. The molecule has 1 heterocycles. The lowest BCUT2D eigenvalue weighted by Crippen LogP contribution is -2.25. The minimum Gasteiger partial charge on any atom is -0.135 e. The fourth-order valence-electron chi connectivity index (χ4n) is 8.63. The number of allylic oxidation sites excluding steroid dienone is 4. The predicted molar refractivity (Wildman–Crippen MR) is 215 cm³/mol. The standard InChI is InChI=1S/C49H32S/c1-2-14-35-36-17-6-10-21-43(36)49(44-22-11-7-18-37(44)38-19-8-12-23-45(38)49)46(35)29-32-25-27-34(28-26-32)41-31-48-42(39-20-9-13-24-47(39)50-48)30-40(41)33-15-4-3-5-16-33/h2-31H,1H2/b35-14-,46-29+. The minimum absolute atomic E-state index is 0.413. The number of hydrogen-bond donors (Lipinski definition) is 0. The van der Waals surface area contributed by atoms with Crippen LogP contribution in [0.5, 0.6) is 0 Å². The van der Waals surface area contributed by atoms with Crippen molar-refractivity contribution in [1.29, 1.82) is 0 Å². The molecule has 0 radical (unpaired) electrons. The molecule has 0 N–H and O–H groups in total. The van der Waals surface area contributed by atoms with Crippen LogP contribution in [0.2, 0.25) is 0 Å². The minimum atomic E-state index is -0.413. The molecule has 0 bridgehead atoms. The molecule has 1 spiro atoms. The molecule has 0 unspecified atom stereocenters. The Labute approximate surface area is 296 Å². The number of hydrogen-bond acceptors (Lipinski definition) is 1. The summed E-state index contributed by atoms with van der Waals surface area (Å²) in [6.07, 6.45) is 6.55. The van der Waals surface area contributed by atoms with Crippen molar-refractivity contribution in [3.05, 3.63) is 216 Å². The van der Waals surface area contributed by atoms with E-state index in [0.29, 0.717) is 0 Å². The first-order chi connectivity index (χ1) is 24.8. The zero-order valence-electron chi connectivity index (χ0n) is 27.4. The smallest absolute Gasteiger partial charge is 0.0725 e. The zero-order valence-corrected chi connectivity index (χ0v) is 28.3. The highest BCUT2D eigenvalue weighted by Gasteiger charge is 2.53. The van der Waals surface area contributed by atoms with Crippen LogP contribution in [0.25, 0.3) is 65.2 Å². The van der Waals surface area contributed by atoms with Gasteiger partial charge in [0.25, 0.3) is 0 Å². The summed E-state index contributed by atoms with van der Waals surface area (Å²) in [6.45, 7) is 4.15. The quantitative estimate of drug-likeness (QED) is 0.177. The van der Waals surface area contributed by atoms with Crippen molar-refractivity contribution in [2.24, 2.45) is 0 Å². The van der Waals surface area contributed by atoms with Crippen molar-refractivity contribution in [2.45, 2.75) is 5.41 Å². The third kappa shape index (κ3) is 4.11. The van der Waals surface area contributed by atoms with E-state index < -0.39 is 5.41 Å². The van der Waals surface area contributed by atoms with Gasteiger partial charge in [-0.2, -0.15) is 0 Å². The van der Waals surface area contributed by atoms with Gasteiger partial charge in [0.15, 0.2) is 0 Å². The van der Waals surface area contributed by atoms with Gasteiger partial charge in [-0.3, -0.25) is 0 Å². The molecule has 0 aliphatic heterocycles. The van der Waals surface area contributed by atoms with Crippen LogP contribution in [0.15, 0.2) is 188 Å². The van der Waals surface area contributed by atoms with Crippen LogP contribution in [-0.2, 0) is 5.41 Å². The van der Waals surface area contributed by atoms with Gasteiger partial charge in [-0.25, -0.2) is 0 Å². The number of benzene rings is 7. The SMILES string of the molecule is C=C/C=C1\C(=C/c2ccc(-c3cc4sc5ccccc5c4cc3-c3ccccc3)cc2)C2(c3ccccc31)c1ccccc1-c1ccccc12. The maximum absolute atomic E-state index is 4.15. The van der Waals surface area contributed by atoms with Gasteiger partial charge in [-0.1, -0.05) is 164 Å². The highest BCUT2D eigenvalue weighted by molar-refractivity contribution is 7.25. The number of fused-ring (bicyclic) bond motifs is 10. The zero-order chi connectivity index (χ0) is 33.2. The summed E-state index contributed by atoms with van der Waals surface area (Å²) in [5.74, 6) is 0. The van der Waals surface area contributed by atoms with E-state index in [0.717, 1.165) is 0 Å². The Hall–Kier alpha value is -6.02. The topological polar surface area (TPSA) is 0 Å². The molecule has 10 rings (SSSR count). The first-order valence-electron chi connectivity index (χ1n) is 17.2. The van der Waals surface area contributed by atoms with Crippen LogP contribution in [-0.4, -0.2) is 0 Å². The summed E-state index contributed by atoms with van der Waals surface area (Å²) >= 11 is 1.87. The van der Waals surface area contributed by atoms with E-state index in [4.69, 9.17) is 0 Å². The van der Waals surface area contributed by atoms with Crippen LogP contribution in [0.4, 0.5) is 0 Å². The predicted octanol–water partition coefficient (Wildman–Crippen LogP) is 13.4. The molecule has 0 amide bonds. The fraction of sp³-hybridized carbons (Fsp3) is 0.0204. The first-order valence-corrected chi connectivity index (χ1v) is 18.0. The van der Waals surface area contributed by atoms with E-state index in [1.807, 2.05) is 17.4 Å². The van der Waals surface area contributed by atoms with Crippen LogP contribution in [0, 0.1) is 0 Å². The summed E-state index contributed by atoms with van der Waals surface area (Å²) < 4.78 is 2.64. The van der Waals surface area contributed by atoms with Crippen molar-refractivity contribution in [1.82, 2.24) is 0 Å². The highest BCUT2D eigenvalue weighted by Crippen LogP contribution is 2.64. The maximum Gasteiger partial charge on any atom is 0.0725 e. The fourth-order valence-corrected chi connectivity index (χ4v) is 9.76. The second-order valence-electron chi connectivity index (χ2n) is 13.2. The van der Waals surface area contributed by atoms with Crippen LogP contribution in [0.3, 0.4) is 0 Å². The van der Waals surface area contributed by atoms with Crippen LogP contribution in [0.1, 0.15) is 27.8 Å². The number of rotatable bonds is 4. The van der Waals surface area contributed by atoms with Crippen LogP contribution < -0.4 is 0 Å². The van der Waals surface area contributed by atoms with Crippen LogP contribution >= 0.6 is 11.3 Å². The van der Waals surface area contributed by atoms with Gasteiger partial charge < -0.3 is 0 Å². The molecule has 234 valence electrons. The lowest BCUT2D eigenvalue weighted by Gasteiger charge is -2.31. The van der Waals surface area contributed by atoms with Gasteiger partial charge in [-0.05, 0) is 96.6 Å². The maximum atomic E-state index is 4.15. The Morgan fingerprint density at radius 2 is 1.02 bits per heavy atom. The molecule has 2 aliphatic carbocycles. The summed E-state index contributed by atoms with van der Waals surface area (Å²) in [6, 6.07) is 60.4. The van der Waals surface area contributed by atoms with Gasteiger partial charge in [0.05, 0.1) is 5.41 Å². The van der Waals surface area contributed by atoms with E-state index in [2.05, 4.69) is 183 Å². The number of thiophene rings is 1. The van der Waals surface area contributed by atoms with E-state index in [1.54, 1.807) is 0 Å². The monoisotopic (exact) mass is 652 g/mol. The Balaban J connectivity index is 1.17. The van der Waals surface area contributed by atoms with Crippen molar-refractivity contribution < 1.29 is 0 Å². The third-order valence-corrected chi connectivity index (χ3v) is 11.8. The largest absolute Gasteiger partial charge is 0.135 e. The van der Waals surface area contributed by atoms with Gasteiger partial charge in [0.2, 0.25) is 0 Å². The average molecular weight is 653 g/mol. The Kier molecular flexibility index (Phi) is 6.52. The van der Waals surface area contributed by atoms with Crippen molar-refractivity contribution in [3.8, 4) is 33.4 Å². The first kappa shape index (κ1) is 28.9. The van der Waals surface area contributed by atoms with Gasteiger partial charge in [-0.15, -0.1) is 11.3 Å². The second-order valence-corrected chi connectivity index (χ2v) is 14.3. The van der Waals surface area contributed by atoms with Gasteiger partial charge >= 0.3 is 0 Å². The molecule has 0 saturated heterocycles. The molecule has 1 heteroatoms. The molecule has 0 nitrogen and oxygen atoms in total. The average Bonchev–Trinajstić information content (AvgIpc) is 3.79. The van der Waals surface area contributed by atoms with Crippen molar-refractivity contribution in [3.63, 3.8) is 0 Å². The molecule has 1 aromatic heterocycles. The molecule has 7 aromatic carbocycles. The highest BCUT2D eigenvalue weighted by atomic mass is 32.1. The molecule has 8 aromatic rings. The van der Waals surface area contributed by atoms with E-state index in [-0.39, 0.29) is 0 Å².